The molecule has 0 spiro atoms. The second-order valence-electron chi connectivity index (χ2n) is 4.19. The lowest BCUT2D eigenvalue weighted by Gasteiger charge is -2.10. The molecule has 1 atom stereocenters. The maximum Gasteiger partial charge on any atom is 0.129 e. The lowest BCUT2D eigenvalue weighted by molar-refractivity contribution is 0.0231. The van der Waals surface area contributed by atoms with E-state index in [1.807, 2.05) is 26.0 Å². The topological polar surface area (TPSA) is 54.6 Å². The summed E-state index contributed by atoms with van der Waals surface area (Å²) in [5.74, 6) is 0.773. The molecular weight excluding hydrogens is 218 g/mol. The number of furan rings is 1. The van der Waals surface area contributed by atoms with E-state index in [0.717, 1.165) is 12.3 Å². The predicted molar refractivity (Wildman–Crippen MR) is 66.7 cm³/mol. The molecule has 0 aliphatic heterocycles. The third-order valence-corrected chi connectivity index (χ3v) is 2.17. The van der Waals surface area contributed by atoms with Crippen molar-refractivity contribution in [1.82, 2.24) is 5.32 Å². The van der Waals surface area contributed by atoms with E-state index in [0.29, 0.717) is 19.8 Å². The van der Waals surface area contributed by atoms with Gasteiger partial charge in [-0.3, -0.25) is 0 Å². The SMILES string of the molecule is CC(C)=CCNCC(O)COCc1ccco1. The molecule has 1 aromatic rings. The van der Waals surface area contributed by atoms with Crippen molar-refractivity contribution in [2.45, 2.75) is 26.6 Å². The first-order valence-electron chi connectivity index (χ1n) is 5.80. The molecule has 96 valence electrons. The molecule has 0 aliphatic carbocycles. The Balaban J connectivity index is 2.01. The Morgan fingerprint density at radius 2 is 2.41 bits per heavy atom. The van der Waals surface area contributed by atoms with Crippen LogP contribution in [-0.2, 0) is 11.3 Å². The number of hydrogen-bond donors (Lipinski definition) is 2. The fourth-order valence-electron chi connectivity index (χ4n) is 1.28. The van der Waals surface area contributed by atoms with Gasteiger partial charge in [0, 0.05) is 13.1 Å². The second-order valence-corrected chi connectivity index (χ2v) is 4.19. The molecule has 2 N–H and O–H groups in total. The molecular formula is C13H21NO3. The molecule has 0 bridgehead atoms. The molecule has 1 aromatic heterocycles. The molecule has 0 radical (unpaired) electrons. The van der Waals surface area contributed by atoms with Crippen molar-refractivity contribution in [2.75, 3.05) is 19.7 Å². The number of aliphatic hydroxyl groups excluding tert-OH is 1. The van der Waals surface area contributed by atoms with E-state index >= 15 is 0 Å². The first-order valence-corrected chi connectivity index (χ1v) is 5.80. The van der Waals surface area contributed by atoms with Gasteiger partial charge in [0.1, 0.15) is 12.4 Å². The van der Waals surface area contributed by atoms with Gasteiger partial charge in [-0.1, -0.05) is 11.6 Å². The van der Waals surface area contributed by atoms with Crippen LogP contribution in [0.3, 0.4) is 0 Å². The van der Waals surface area contributed by atoms with Crippen molar-refractivity contribution < 1.29 is 14.3 Å². The summed E-state index contributed by atoms with van der Waals surface area (Å²) in [5, 5.41) is 12.7. The van der Waals surface area contributed by atoms with Crippen molar-refractivity contribution >= 4 is 0 Å². The number of hydrogen-bond acceptors (Lipinski definition) is 4. The van der Waals surface area contributed by atoms with Crippen LogP contribution in [0.25, 0.3) is 0 Å². The predicted octanol–water partition coefficient (Wildman–Crippen LogP) is 1.71. The number of rotatable bonds is 8. The molecule has 0 aromatic carbocycles. The zero-order chi connectivity index (χ0) is 12.5. The Labute approximate surface area is 102 Å². The monoisotopic (exact) mass is 239 g/mol. The van der Waals surface area contributed by atoms with Crippen LogP contribution in [-0.4, -0.2) is 30.9 Å². The average molecular weight is 239 g/mol. The summed E-state index contributed by atoms with van der Waals surface area (Å²) in [4.78, 5) is 0. The number of aliphatic hydroxyl groups is 1. The Bertz CT molecular complexity index is 315. The molecule has 0 fully saturated rings. The summed E-state index contributed by atoms with van der Waals surface area (Å²) < 4.78 is 10.4. The smallest absolute Gasteiger partial charge is 0.129 e. The Hall–Kier alpha value is -1.10. The van der Waals surface area contributed by atoms with E-state index < -0.39 is 6.10 Å². The van der Waals surface area contributed by atoms with Crippen molar-refractivity contribution in [2.24, 2.45) is 0 Å². The highest BCUT2D eigenvalue weighted by atomic mass is 16.5. The summed E-state index contributed by atoms with van der Waals surface area (Å²) in [5.41, 5.74) is 1.26. The second kappa shape index (κ2) is 8.06. The molecule has 0 aliphatic rings. The minimum atomic E-state index is -0.490. The van der Waals surface area contributed by atoms with Gasteiger partial charge in [-0.15, -0.1) is 0 Å². The zero-order valence-corrected chi connectivity index (χ0v) is 10.5. The van der Waals surface area contributed by atoms with Gasteiger partial charge >= 0.3 is 0 Å². The minimum Gasteiger partial charge on any atom is -0.467 e. The van der Waals surface area contributed by atoms with E-state index in [1.54, 1.807) is 6.26 Å². The van der Waals surface area contributed by atoms with Gasteiger partial charge in [-0.2, -0.15) is 0 Å². The van der Waals surface area contributed by atoms with Crippen LogP contribution in [0.2, 0.25) is 0 Å². The standard InChI is InChI=1S/C13H21NO3/c1-11(2)5-6-14-8-12(15)9-16-10-13-4-3-7-17-13/h3-5,7,12,14-15H,6,8-10H2,1-2H3. The summed E-state index contributed by atoms with van der Waals surface area (Å²) in [7, 11) is 0. The van der Waals surface area contributed by atoms with Gasteiger partial charge in [0.25, 0.3) is 0 Å². The molecule has 0 saturated carbocycles. The Kier molecular flexibility index (Phi) is 6.62. The average Bonchev–Trinajstić information content (AvgIpc) is 2.77. The largest absolute Gasteiger partial charge is 0.467 e. The van der Waals surface area contributed by atoms with Gasteiger partial charge in [-0.05, 0) is 26.0 Å². The Morgan fingerprint density at radius 3 is 3.06 bits per heavy atom. The van der Waals surface area contributed by atoms with Crippen molar-refractivity contribution in [3.63, 3.8) is 0 Å². The van der Waals surface area contributed by atoms with Gasteiger partial charge in [0.2, 0.25) is 0 Å². The van der Waals surface area contributed by atoms with Crippen molar-refractivity contribution in [3.8, 4) is 0 Å². The van der Waals surface area contributed by atoms with Gasteiger partial charge in [-0.25, -0.2) is 0 Å². The molecule has 17 heavy (non-hydrogen) atoms. The van der Waals surface area contributed by atoms with E-state index in [-0.39, 0.29) is 0 Å². The van der Waals surface area contributed by atoms with Crippen LogP contribution in [0, 0.1) is 0 Å². The zero-order valence-electron chi connectivity index (χ0n) is 10.5. The summed E-state index contributed by atoms with van der Waals surface area (Å²) in [6, 6.07) is 3.66. The van der Waals surface area contributed by atoms with Crippen LogP contribution < -0.4 is 5.32 Å². The normalized spacial score (nSPS) is 12.4. The number of ether oxygens (including phenoxy) is 1. The molecule has 4 nitrogen and oxygen atoms in total. The molecule has 0 saturated heterocycles. The number of nitrogens with one attached hydrogen (secondary N) is 1. The molecule has 1 rings (SSSR count). The summed E-state index contributed by atoms with van der Waals surface area (Å²) in [6.45, 7) is 6.11. The van der Waals surface area contributed by atoms with Crippen LogP contribution in [0.15, 0.2) is 34.5 Å². The third kappa shape index (κ3) is 6.94. The molecule has 1 unspecified atom stereocenters. The molecule has 4 heteroatoms. The number of allylic oxidation sites excluding steroid dienone is 1. The van der Waals surface area contributed by atoms with Gasteiger partial charge in [0.05, 0.1) is 19.0 Å². The highest BCUT2D eigenvalue weighted by molar-refractivity contribution is 4.96. The third-order valence-electron chi connectivity index (χ3n) is 2.17. The van der Waals surface area contributed by atoms with Crippen molar-refractivity contribution in [1.29, 1.82) is 0 Å². The van der Waals surface area contributed by atoms with E-state index in [4.69, 9.17) is 9.15 Å². The first kappa shape index (κ1) is 14.0. The summed E-state index contributed by atoms with van der Waals surface area (Å²) >= 11 is 0. The maximum absolute atomic E-state index is 9.60. The van der Waals surface area contributed by atoms with E-state index in [9.17, 15) is 5.11 Å². The highest BCUT2D eigenvalue weighted by Gasteiger charge is 2.04. The Morgan fingerprint density at radius 1 is 1.59 bits per heavy atom. The lowest BCUT2D eigenvalue weighted by atomic mass is 10.3. The van der Waals surface area contributed by atoms with E-state index in [2.05, 4.69) is 11.4 Å². The fourth-order valence-corrected chi connectivity index (χ4v) is 1.28. The van der Waals surface area contributed by atoms with Gasteiger partial charge in [0.15, 0.2) is 0 Å². The summed E-state index contributed by atoms with van der Waals surface area (Å²) in [6.07, 6.45) is 3.20. The first-order chi connectivity index (χ1) is 8.18. The van der Waals surface area contributed by atoms with Crippen LogP contribution in [0.5, 0.6) is 0 Å². The molecule has 1 heterocycles. The van der Waals surface area contributed by atoms with E-state index in [1.165, 1.54) is 5.57 Å². The highest BCUT2D eigenvalue weighted by Crippen LogP contribution is 2.01. The molecule has 0 amide bonds. The van der Waals surface area contributed by atoms with Gasteiger partial charge < -0.3 is 19.6 Å². The van der Waals surface area contributed by atoms with Crippen LogP contribution in [0.4, 0.5) is 0 Å². The van der Waals surface area contributed by atoms with Crippen LogP contribution in [0.1, 0.15) is 19.6 Å². The minimum absolute atomic E-state index is 0.308. The fraction of sp³-hybridized carbons (Fsp3) is 0.538. The lowest BCUT2D eigenvalue weighted by Crippen LogP contribution is -2.30. The van der Waals surface area contributed by atoms with Crippen molar-refractivity contribution in [3.05, 3.63) is 35.8 Å². The quantitative estimate of drug-likeness (QED) is 0.535. The maximum atomic E-state index is 9.60. The van der Waals surface area contributed by atoms with Crippen LogP contribution >= 0.6 is 0 Å².